The summed E-state index contributed by atoms with van der Waals surface area (Å²) in [7, 11) is 0. The number of nitrogens with one attached hydrogen (secondary N) is 1. The molecule has 3 aliphatic rings. The van der Waals surface area contributed by atoms with E-state index in [9.17, 15) is 4.79 Å². The number of benzene rings is 1. The van der Waals surface area contributed by atoms with Gasteiger partial charge in [0.15, 0.2) is 5.76 Å². The van der Waals surface area contributed by atoms with E-state index in [0.29, 0.717) is 28.1 Å². The third-order valence-electron chi connectivity index (χ3n) is 6.97. The normalized spacial score (nSPS) is 22.2. The smallest absolute Gasteiger partial charge is 0.254 e. The summed E-state index contributed by atoms with van der Waals surface area (Å²) < 4.78 is 7.48. The lowest BCUT2D eigenvalue weighted by atomic mass is 9.94. The molecule has 1 saturated heterocycles. The molecule has 0 unspecified atom stereocenters. The van der Waals surface area contributed by atoms with E-state index >= 15 is 0 Å². The number of halogens is 2. The second-order valence-electron chi connectivity index (χ2n) is 9.44. The third-order valence-corrected chi connectivity index (χ3v) is 7.70. The van der Waals surface area contributed by atoms with Crippen LogP contribution in [-0.4, -0.2) is 32.3 Å². The largest absolute Gasteiger partial charge is 0.359 e. The zero-order valence-corrected chi connectivity index (χ0v) is 20.5. The third kappa shape index (κ3) is 3.62. The van der Waals surface area contributed by atoms with Gasteiger partial charge in [0.05, 0.1) is 33.0 Å². The number of aromatic nitrogens is 3. The molecular weight excluding hydrogens is 473 g/mol. The van der Waals surface area contributed by atoms with E-state index in [1.165, 1.54) is 0 Å². The van der Waals surface area contributed by atoms with Crippen LogP contribution in [0.4, 0.5) is 5.82 Å². The van der Waals surface area contributed by atoms with Crippen molar-refractivity contribution in [3.63, 3.8) is 0 Å². The monoisotopic (exact) mass is 497 g/mol. The molecule has 0 spiro atoms. The summed E-state index contributed by atoms with van der Waals surface area (Å²) in [4.78, 5) is 16.1. The highest BCUT2D eigenvalue weighted by atomic mass is 35.5. The zero-order chi connectivity index (χ0) is 23.6. The van der Waals surface area contributed by atoms with Gasteiger partial charge in [0, 0.05) is 30.3 Å². The number of anilines is 1. The number of aryl methyl sites for hydroxylation is 1. The molecule has 34 heavy (non-hydrogen) atoms. The predicted molar refractivity (Wildman–Crippen MR) is 130 cm³/mol. The van der Waals surface area contributed by atoms with Gasteiger partial charge in [-0.1, -0.05) is 34.4 Å². The van der Waals surface area contributed by atoms with E-state index in [0.717, 1.165) is 59.9 Å². The van der Waals surface area contributed by atoms with E-state index < -0.39 is 6.04 Å². The van der Waals surface area contributed by atoms with Crippen molar-refractivity contribution in [2.45, 2.75) is 57.5 Å². The fourth-order valence-electron chi connectivity index (χ4n) is 5.14. The maximum atomic E-state index is 14.2. The Balaban J connectivity index is 1.44. The molecule has 1 aromatic carbocycles. The molecule has 9 heteroatoms. The molecule has 7 nitrogen and oxygen atoms in total. The second-order valence-corrected chi connectivity index (χ2v) is 10.3. The molecular formula is C25H25Cl2N5O2. The van der Waals surface area contributed by atoms with Gasteiger partial charge in [-0.2, -0.15) is 5.10 Å². The van der Waals surface area contributed by atoms with Gasteiger partial charge in [0.2, 0.25) is 0 Å². The summed E-state index contributed by atoms with van der Waals surface area (Å²) in [5, 5.41) is 13.4. The molecule has 2 aromatic heterocycles. The fraction of sp³-hybridized carbons (Fsp3) is 0.400. The molecule has 1 N–H and O–H groups in total. The van der Waals surface area contributed by atoms with Crippen LogP contribution in [0.2, 0.25) is 10.0 Å². The minimum Gasteiger partial charge on any atom is -0.359 e. The number of hydrogen-bond acceptors (Lipinski definition) is 5. The van der Waals surface area contributed by atoms with Crippen LogP contribution in [0.5, 0.6) is 0 Å². The Morgan fingerprint density at radius 2 is 1.94 bits per heavy atom. The Kier molecular flexibility index (Phi) is 5.22. The SMILES string of the molecule is CC1=C(C(=O)N2CCC[C@H]2c2cc(C)no2)[C@@H](c2ccc(Cl)c(Cl)c2)n2nc(C3CC3)cc2N1. The van der Waals surface area contributed by atoms with E-state index in [1.807, 2.05) is 41.6 Å². The summed E-state index contributed by atoms with van der Waals surface area (Å²) in [6.07, 6.45) is 4.05. The van der Waals surface area contributed by atoms with Gasteiger partial charge in [-0.3, -0.25) is 4.79 Å². The van der Waals surface area contributed by atoms with Gasteiger partial charge < -0.3 is 14.7 Å². The van der Waals surface area contributed by atoms with Crippen LogP contribution in [0.15, 0.2) is 46.1 Å². The highest BCUT2D eigenvalue weighted by Crippen LogP contribution is 2.45. The van der Waals surface area contributed by atoms with Crippen molar-refractivity contribution in [3.8, 4) is 0 Å². The minimum atomic E-state index is -0.413. The Morgan fingerprint density at radius 1 is 1.12 bits per heavy atom. The number of hydrogen-bond donors (Lipinski definition) is 1. The van der Waals surface area contributed by atoms with Gasteiger partial charge in [-0.05, 0) is 57.2 Å². The molecule has 2 atom stereocenters. The summed E-state index contributed by atoms with van der Waals surface area (Å²) >= 11 is 12.6. The first kappa shape index (κ1) is 21.7. The number of rotatable bonds is 4. The van der Waals surface area contributed by atoms with E-state index in [4.69, 9.17) is 32.8 Å². The van der Waals surface area contributed by atoms with Crippen LogP contribution in [0.3, 0.4) is 0 Å². The number of nitrogens with zero attached hydrogens (tertiary/aromatic N) is 4. The van der Waals surface area contributed by atoms with Gasteiger partial charge in [0.1, 0.15) is 11.9 Å². The average molecular weight is 498 g/mol. The quantitative estimate of drug-likeness (QED) is 0.477. The van der Waals surface area contributed by atoms with Crippen molar-refractivity contribution in [1.82, 2.24) is 19.8 Å². The van der Waals surface area contributed by atoms with Gasteiger partial charge in [-0.25, -0.2) is 4.68 Å². The van der Waals surface area contributed by atoms with Crippen molar-refractivity contribution < 1.29 is 9.32 Å². The van der Waals surface area contributed by atoms with Gasteiger partial charge >= 0.3 is 0 Å². The second kappa shape index (κ2) is 8.17. The van der Waals surface area contributed by atoms with Gasteiger partial charge in [-0.15, -0.1) is 0 Å². The number of likely N-dealkylation sites (tertiary alicyclic amines) is 1. The minimum absolute atomic E-state index is 0.0354. The van der Waals surface area contributed by atoms with E-state index in [2.05, 4.69) is 16.5 Å². The molecule has 176 valence electrons. The van der Waals surface area contributed by atoms with E-state index in [1.54, 1.807) is 6.07 Å². The predicted octanol–water partition coefficient (Wildman–Crippen LogP) is 6.02. The molecule has 0 bridgehead atoms. The first-order valence-corrected chi connectivity index (χ1v) is 12.4. The van der Waals surface area contributed by atoms with Crippen LogP contribution in [0, 0.1) is 6.92 Å². The molecule has 1 aliphatic carbocycles. The van der Waals surface area contributed by atoms with E-state index in [-0.39, 0.29) is 11.9 Å². The number of carbonyl (C=O) groups is 1. The van der Waals surface area contributed by atoms with Crippen molar-refractivity contribution in [2.75, 3.05) is 11.9 Å². The highest BCUT2D eigenvalue weighted by Gasteiger charge is 2.41. The van der Waals surface area contributed by atoms with Crippen LogP contribution >= 0.6 is 23.2 Å². The molecule has 2 aliphatic heterocycles. The topological polar surface area (TPSA) is 76.2 Å². The van der Waals surface area contributed by atoms with Gasteiger partial charge in [0.25, 0.3) is 5.91 Å². The van der Waals surface area contributed by atoms with Crippen molar-refractivity contribution in [1.29, 1.82) is 0 Å². The molecule has 1 saturated carbocycles. The van der Waals surface area contributed by atoms with Crippen LogP contribution in [0.25, 0.3) is 0 Å². The lowest BCUT2D eigenvalue weighted by molar-refractivity contribution is -0.128. The Morgan fingerprint density at radius 3 is 2.65 bits per heavy atom. The number of fused-ring (bicyclic) bond motifs is 1. The molecule has 3 aromatic rings. The lowest BCUT2D eigenvalue weighted by Gasteiger charge is -2.33. The summed E-state index contributed by atoms with van der Waals surface area (Å²) in [5.41, 5.74) is 4.21. The number of amides is 1. The summed E-state index contributed by atoms with van der Waals surface area (Å²) in [6.45, 7) is 4.50. The zero-order valence-electron chi connectivity index (χ0n) is 19.0. The summed E-state index contributed by atoms with van der Waals surface area (Å²) in [5.74, 6) is 2.07. The molecule has 0 radical (unpaired) electrons. The molecule has 1 amide bonds. The maximum Gasteiger partial charge on any atom is 0.254 e. The Bertz CT molecular complexity index is 1320. The fourth-order valence-corrected chi connectivity index (χ4v) is 5.44. The average Bonchev–Trinajstić information content (AvgIpc) is 3.18. The number of allylic oxidation sites excluding steroid dienone is 1. The molecule has 6 rings (SSSR count). The first-order chi connectivity index (χ1) is 16.4. The molecule has 2 fully saturated rings. The maximum absolute atomic E-state index is 14.2. The standard InChI is InChI=1S/C25H25Cl2N5O2/c1-13-10-21(34-30-13)20-4-3-9-31(20)25(33)23-14(2)28-22-12-19(15-5-6-15)29-32(22)24(23)16-7-8-17(26)18(27)11-16/h7-8,10-12,15,20,24,28H,3-6,9H2,1-2H3/t20-,24+/m0/s1. The Hall–Kier alpha value is -2.77. The molecule has 4 heterocycles. The van der Waals surface area contributed by atoms with Crippen LogP contribution in [-0.2, 0) is 4.79 Å². The Labute approximate surface area is 207 Å². The van der Waals surface area contributed by atoms with Crippen LogP contribution in [0.1, 0.15) is 73.3 Å². The highest BCUT2D eigenvalue weighted by molar-refractivity contribution is 6.42. The first-order valence-electron chi connectivity index (χ1n) is 11.7. The van der Waals surface area contributed by atoms with Crippen molar-refractivity contribution in [2.24, 2.45) is 0 Å². The lowest BCUT2D eigenvalue weighted by Crippen LogP contribution is -2.38. The summed E-state index contributed by atoms with van der Waals surface area (Å²) in [6, 6.07) is 9.01. The number of carbonyl (C=O) groups excluding carboxylic acids is 1. The van der Waals surface area contributed by atoms with Crippen LogP contribution < -0.4 is 5.32 Å². The van der Waals surface area contributed by atoms with Crippen molar-refractivity contribution in [3.05, 3.63) is 74.4 Å². The van der Waals surface area contributed by atoms with Crippen molar-refractivity contribution >= 4 is 34.9 Å².